The van der Waals surface area contributed by atoms with Crippen LogP contribution in [0.3, 0.4) is 0 Å². The van der Waals surface area contributed by atoms with Crippen molar-refractivity contribution in [2.75, 3.05) is 5.73 Å². The first-order valence-electron chi connectivity index (χ1n) is 7.59. The molecule has 0 saturated heterocycles. The summed E-state index contributed by atoms with van der Waals surface area (Å²) in [6, 6.07) is 7.31. The van der Waals surface area contributed by atoms with Crippen molar-refractivity contribution in [2.24, 2.45) is 10.2 Å². The summed E-state index contributed by atoms with van der Waals surface area (Å²) in [5.74, 6) is -1.73. The van der Waals surface area contributed by atoms with E-state index in [2.05, 4.69) is 10.2 Å². The van der Waals surface area contributed by atoms with Gasteiger partial charge in [-0.2, -0.15) is 21.9 Å². The van der Waals surface area contributed by atoms with Crippen LogP contribution in [-0.2, 0) is 37.3 Å². The molecular weight excluding hydrogens is 490 g/mol. The molecule has 11 nitrogen and oxygen atoms in total. The van der Waals surface area contributed by atoms with Crippen molar-refractivity contribution in [1.29, 1.82) is 0 Å². The number of rotatable bonds is 4. The quantitative estimate of drug-likeness (QED) is 0.205. The molecule has 0 amide bonds. The zero-order valence-corrected chi connectivity index (χ0v) is 17.0. The van der Waals surface area contributed by atoms with Crippen LogP contribution in [0.1, 0.15) is 0 Å². The molecule has 161 valence electrons. The summed E-state index contributed by atoms with van der Waals surface area (Å²) < 4.78 is 64.3. The van der Waals surface area contributed by atoms with Gasteiger partial charge in [-0.05, 0) is 41.1 Å². The first-order valence-corrected chi connectivity index (χ1v) is 10.5. The summed E-state index contributed by atoms with van der Waals surface area (Å²) in [7, 11) is -9.56. The largest absolute Gasteiger partial charge is 2.00 e. The van der Waals surface area contributed by atoms with Gasteiger partial charge in [0, 0.05) is 5.69 Å². The first-order chi connectivity index (χ1) is 13.4. The zero-order chi connectivity index (χ0) is 21.6. The Morgan fingerprint density at radius 3 is 2.13 bits per heavy atom. The van der Waals surface area contributed by atoms with Crippen LogP contribution in [0.15, 0.2) is 62.5 Å². The first kappa shape index (κ1) is 23.5. The van der Waals surface area contributed by atoms with Crippen LogP contribution in [0.2, 0.25) is 0 Å². The smallest absolute Gasteiger partial charge is 0.871 e. The average molecular weight is 501 g/mol. The van der Waals surface area contributed by atoms with Crippen molar-refractivity contribution in [3.05, 3.63) is 42.5 Å². The van der Waals surface area contributed by atoms with Crippen LogP contribution in [0.5, 0.6) is 11.5 Å². The van der Waals surface area contributed by atoms with E-state index in [-0.39, 0.29) is 33.5 Å². The number of anilines is 1. The second kappa shape index (κ2) is 8.18. The molecule has 0 aromatic heterocycles. The molecule has 0 bridgehead atoms. The van der Waals surface area contributed by atoms with Crippen molar-refractivity contribution < 1.29 is 53.2 Å². The number of nitrogens with zero attached hydrogens (tertiary/aromatic N) is 2. The summed E-state index contributed by atoms with van der Waals surface area (Å²) in [5, 5.41) is 31.6. The molecular formula is C16H11CuN3O8S2. The van der Waals surface area contributed by atoms with Crippen molar-refractivity contribution in [3.8, 4) is 11.5 Å². The number of hydrogen-bond donors (Lipinski definition) is 3. The molecule has 0 saturated carbocycles. The van der Waals surface area contributed by atoms with E-state index in [1.807, 2.05) is 0 Å². The van der Waals surface area contributed by atoms with Crippen LogP contribution < -0.4 is 15.9 Å². The molecule has 0 unspecified atom stereocenters. The third kappa shape index (κ3) is 4.70. The molecule has 0 spiro atoms. The molecule has 3 aromatic carbocycles. The fourth-order valence-corrected chi connectivity index (χ4v) is 3.64. The number of hydrogen-bond acceptors (Lipinski definition) is 9. The van der Waals surface area contributed by atoms with Crippen LogP contribution in [0.4, 0.5) is 17.1 Å². The van der Waals surface area contributed by atoms with E-state index in [1.165, 1.54) is 18.2 Å². The summed E-state index contributed by atoms with van der Waals surface area (Å²) >= 11 is 0. The van der Waals surface area contributed by atoms with Gasteiger partial charge in [0.15, 0.2) is 0 Å². The third-order valence-corrected chi connectivity index (χ3v) is 5.54. The van der Waals surface area contributed by atoms with Gasteiger partial charge in [-0.25, -0.2) is 0 Å². The number of nitrogens with two attached hydrogens (primary N) is 1. The molecule has 3 rings (SSSR count). The molecule has 0 fully saturated rings. The fourth-order valence-electron chi connectivity index (χ4n) is 2.49. The molecule has 14 heteroatoms. The van der Waals surface area contributed by atoms with E-state index in [4.69, 9.17) is 10.3 Å². The van der Waals surface area contributed by atoms with E-state index in [1.54, 1.807) is 0 Å². The van der Waals surface area contributed by atoms with Crippen molar-refractivity contribution in [2.45, 2.75) is 9.79 Å². The topological polar surface area (TPSA) is 206 Å². The average Bonchev–Trinajstić information content (AvgIpc) is 2.60. The molecule has 30 heavy (non-hydrogen) atoms. The number of benzene rings is 3. The Morgan fingerprint density at radius 2 is 1.53 bits per heavy atom. The maximum Gasteiger partial charge on any atom is 2.00 e. The maximum atomic E-state index is 12.7. The minimum atomic E-state index is -4.91. The van der Waals surface area contributed by atoms with Gasteiger partial charge in [0.25, 0.3) is 20.2 Å². The van der Waals surface area contributed by atoms with Crippen LogP contribution in [-0.4, -0.2) is 25.9 Å². The van der Waals surface area contributed by atoms with Gasteiger partial charge in [0.05, 0.1) is 16.3 Å². The van der Waals surface area contributed by atoms with Gasteiger partial charge >= 0.3 is 17.1 Å². The molecule has 0 aliphatic carbocycles. The summed E-state index contributed by atoms with van der Waals surface area (Å²) in [6.07, 6.45) is 0. The molecule has 1 radical (unpaired) electrons. The Balaban J connectivity index is 0.00000320. The zero-order valence-electron chi connectivity index (χ0n) is 14.5. The van der Waals surface area contributed by atoms with Gasteiger partial charge < -0.3 is 15.9 Å². The van der Waals surface area contributed by atoms with Gasteiger partial charge in [-0.15, -0.1) is 5.11 Å². The number of fused-ring (bicyclic) bond motifs is 1. The van der Waals surface area contributed by atoms with E-state index in [0.717, 1.165) is 18.2 Å². The molecule has 3 aromatic rings. The summed E-state index contributed by atoms with van der Waals surface area (Å²) in [6.45, 7) is 0. The Labute approximate surface area is 180 Å². The van der Waals surface area contributed by atoms with E-state index in [0.29, 0.717) is 6.07 Å². The van der Waals surface area contributed by atoms with Crippen LogP contribution in [0, 0.1) is 0 Å². The van der Waals surface area contributed by atoms with Gasteiger partial charge in [-0.1, -0.05) is 23.6 Å². The molecule has 0 atom stereocenters. The second-order valence-electron chi connectivity index (χ2n) is 5.81. The monoisotopic (exact) mass is 500 g/mol. The van der Waals surface area contributed by atoms with Crippen molar-refractivity contribution in [3.63, 3.8) is 0 Å². The van der Waals surface area contributed by atoms with E-state index in [9.17, 15) is 31.6 Å². The SMILES string of the molecule is Nc1ccc2c([O-])c(N=Nc3cc(S(=O)(=O)O)ccc3[O-])c(S(=O)(=O)O)cc2c1.[Cu+2]. The minimum Gasteiger partial charge on any atom is -0.871 e. The van der Waals surface area contributed by atoms with Crippen LogP contribution >= 0.6 is 0 Å². The summed E-state index contributed by atoms with van der Waals surface area (Å²) in [4.78, 5) is -1.53. The molecule has 4 N–H and O–H groups in total. The fraction of sp³-hybridized carbons (Fsp3) is 0. The van der Waals surface area contributed by atoms with Crippen LogP contribution in [0.25, 0.3) is 10.8 Å². The minimum absolute atomic E-state index is 0. The van der Waals surface area contributed by atoms with Crippen molar-refractivity contribution >= 4 is 48.1 Å². The predicted octanol–water partition coefficient (Wildman–Crippen LogP) is 1.48. The van der Waals surface area contributed by atoms with E-state index >= 15 is 0 Å². The standard InChI is InChI=1S/C16H13N3O8S2.Cu/c17-9-1-3-11-8(5-9)6-14(29(25,26)27)15(16(11)21)19-18-12-7-10(28(22,23)24)2-4-13(12)20;/h1-7,20-21H,17H2,(H,22,23,24)(H,25,26,27);/q;+2/p-2. The Bertz CT molecular complexity index is 1390. The number of nitrogen functional groups attached to an aromatic ring is 1. The summed E-state index contributed by atoms with van der Waals surface area (Å²) in [5.41, 5.74) is 4.48. The molecule has 0 heterocycles. The third-order valence-electron chi connectivity index (χ3n) is 3.82. The maximum absolute atomic E-state index is 12.7. The normalized spacial score (nSPS) is 12.2. The Kier molecular flexibility index (Phi) is 6.42. The predicted molar refractivity (Wildman–Crippen MR) is 97.5 cm³/mol. The Hall–Kier alpha value is -2.74. The molecule has 0 aliphatic rings. The van der Waals surface area contributed by atoms with E-state index < -0.39 is 52.9 Å². The second-order valence-corrected chi connectivity index (χ2v) is 8.62. The van der Waals surface area contributed by atoms with Gasteiger partial charge in [0.2, 0.25) is 0 Å². The molecule has 0 aliphatic heterocycles. The number of azo groups is 1. The van der Waals surface area contributed by atoms with Gasteiger partial charge in [0.1, 0.15) is 4.90 Å². The van der Waals surface area contributed by atoms with Crippen molar-refractivity contribution in [1.82, 2.24) is 0 Å². The Morgan fingerprint density at radius 1 is 0.867 bits per heavy atom. The van der Waals surface area contributed by atoms with Gasteiger partial charge in [-0.3, -0.25) is 9.11 Å².